The molecule has 2 aromatic heterocycles. The van der Waals surface area contributed by atoms with E-state index in [4.69, 9.17) is 4.74 Å². The van der Waals surface area contributed by atoms with Crippen molar-refractivity contribution in [2.75, 3.05) is 11.9 Å². The summed E-state index contributed by atoms with van der Waals surface area (Å²) in [6, 6.07) is 5.02. The van der Waals surface area contributed by atoms with Gasteiger partial charge in [0.1, 0.15) is 15.7 Å². The van der Waals surface area contributed by atoms with Gasteiger partial charge in [0, 0.05) is 5.69 Å². The zero-order chi connectivity index (χ0) is 21.3. The van der Waals surface area contributed by atoms with Gasteiger partial charge in [0.25, 0.3) is 5.56 Å². The van der Waals surface area contributed by atoms with Crippen molar-refractivity contribution in [1.29, 1.82) is 0 Å². The van der Waals surface area contributed by atoms with Crippen LogP contribution >= 0.6 is 11.3 Å². The summed E-state index contributed by atoms with van der Waals surface area (Å²) in [5.74, 6) is -0.792. The molecule has 1 N–H and O–H groups in total. The van der Waals surface area contributed by atoms with Crippen molar-refractivity contribution in [1.82, 2.24) is 9.55 Å². The summed E-state index contributed by atoms with van der Waals surface area (Å²) in [6.07, 6.45) is 1.35. The molecular weight excluding hydrogens is 390 g/mol. The van der Waals surface area contributed by atoms with E-state index in [-0.39, 0.29) is 18.1 Å². The highest BCUT2D eigenvalue weighted by molar-refractivity contribution is 7.20. The summed E-state index contributed by atoms with van der Waals surface area (Å²) in [7, 11) is 0. The van der Waals surface area contributed by atoms with Crippen molar-refractivity contribution < 1.29 is 14.3 Å². The number of aryl methyl sites for hydroxylation is 3. The number of carbonyl (C=O) groups is 2. The molecule has 0 spiro atoms. The van der Waals surface area contributed by atoms with Gasteiger partial charge in [-0.1, -0.05) is 12.1 Å². The van der Waals surface area contributed by atoms with Crippen molar-refractivity contribution in [3.8, 4) is 0 Å². The lowest BCUT2D eigenvalue weighted by atomic mass is 10.1. The Morgan fingerprint density at radius 3 is 2.69 bits per heavy atom. The Kier molecular flexibility index (Phi) is 5.83. The lowest BCUT2D eigenvalue weighted by Crippen LogP contribution is -2.32. The van der Waals surface area contributed by atoms with Crippen molar-refractivity contribution in [3.63, 3.8) is 0 Å². The lowest BCUT2D eigenvalue weighted by molar-refractivity contribution is -0.118. The van der Waals surface area contributed by atoms with Crippen LogP contribution in [-0.2, 0) is 9.53 Å². The van der Waals surface area contributed by atoms with Gasteiger partial charge in [-0.2, -0.15) is 0 Å². The van der Waals surface area contributed by atoms with Gasteiger partial charge in [-0.3, -0.25) is 14.2 Å². The number of rotatable bonds is 5. The Labute approximate surface area is 172 Å². The van der Waals surface area contributed by atoms with Gasteiger partial charge >= 0.3 is 5.97 Å². The molecule has 0 fully saturated rings. The summed E-state index contributed by atoms with van der Waals surface area (Å²) >= 11 is 1.12. The zero-order valence-corrected chi connectivity index (χ0v) is 17.8. The monoisotopic (exact) mass is 413 g/mol. The molecule has 0 aliphatic carbocycles. The summed E-state index contributed by atoms with van der Waals surface area (Å²) in [5, 5.41) is 3.22. The van der Waals surface area contributed by atoms with Gasteiger partial charge in [0.05, 0.1) is 18.3 Å². The molecule has 0 aliphatic heterocycles. The summed E-state index contributed by atoms with van der Waals surface area (Å²) in [5.41, 5.74) is 2.84. The van der Waals surface area contributed by atoms with E-state index in [0.29, 0.717) is 26.3 Å². The second kappa shape index (κ2) is 8.16. The molecule has 0 bridgehead atoms. The van der Waals surface area contributed by atoms with Gasteiger partial charge in [0.2, 0.25) is 5.91 Å². The fourth-order valence-electron chi connectivity index (χ4n) is 3.04. The molecule has 1 amide bonds. The van der Waals surface area contributed by atoms with Crippen molar-refractivity contribution >= 4 is 39.1 Å². The van der Waals surface area contributed by atoms with E-state index in [2.05, 4.69) is 10.3 Å². The Morgan fingerprint density at radius 1 is 1.28 bits per heavy atom. The minimum absolute atomic E-state index is 0.250. The number of nitrogens with one attached hydrogen (secondary N) is 1. The Morgan fingerprint density at radius 2 is 2.00 bits per heavy atom. The number of esters is 1. The fourth-order valence-corrected chi connectivity index (χ4v) is 4.07. The van der Waals surface area contributed by atoms with E-state index in [1.54, 1.807) is 20.8 Å². The number of hydrogen-bond donors (Lipinski definition) is 1. The van der Waals surface area contributed by atoms with Gasteiger partial charge in [-0.25, -0.2) is 9.78 Å². The first-order valence-electron chi connectivity index (χ1n) is 9.30. The standard InChI is InChI=1S/C21H23N3O4S/c1-6-28-21(27)17-13(4)16-19(29-17)22-10-24(20(16)26)14(5)18(25)23-15-9-11(2)7-8-12(15)3/h7-10,14H,6H2,1-5H3,(H,23,25). The fraction of sp³-hybridized carbons (Fsp3) is 0.333. The maximum atomic E-state index is 13.1. The zero-order valence-electron chi connectivity index (χ0n) is 17.0. The maximum Gasteiger partial charge on any atom is 0.348 e. The van der Waals surface area contributed by atoms with Crippen LogP contribution in [0, 0.1) is 20.8 Å². The van der Waals surface area contributed by atoms with Gasteiger partial charge in [-0.05, 0) is 57.4 Å². The number of aromatic nitrogens is 2. The average molecular weight is 413 g/mol. The number of anilines is 1. The first-order chi connectivity index (χ1) is 13.7. The van der Waals surface area contributed by atoms with Gasteiger partial charge in [-0.15, -0.1) is 11.3 Å². The Bertz CT molecular complexity index is 1160. The van der Waals surface area contributed by atoms with E-state index < -0.39 is 12.0 Å². The second-order valence-corrected chi connectivity index (χ2v) is 7.90. The largest absolute Gasteiger partial charge is 0.462 e. The van der Waals surface area contributed by atoms with Crippen LogP contribution in [0.3, 0.4) is 0 Å². The summed E-state index contributed by atoms with van der Waals surface area (Å²) < 4.78 is 6.34. The quantitative estimate of drug-likeness (QED) is 0.643. The highest BCUT2D eigenvalue weighted by atomic mass is 32.1. The molecule has 0 saturated carbocycles. The smallest absolute Gasteiger partial charge is 0.348 e. The first kappa shape index (κ1) is 20.7. The van der Waals surface area contributed by atoms with Crippen molar-refractivity contribution in [2.24, 2.45) is 0 Å². The first-order valence-corrected chi connectivity index (χ1v) is 10.1. The van der Waals surface area contributed by atoms with Crippen LogP contribution in [0.2, 0.25) is 0 Å². The van der Waals surface area contributed by atoms with Crippen LogP contribution in [0.4, 0.5) is 5.69 Å². The maximum absolute atomic E-state index is 13.1. The van der Waals surface area contributed by atoms with Gasteiger partial charge in [0.15, 0.2) is 0 Å². The number of hydrogen-bond acceptors (Lipinski definition) is 6. The summed E-state index contributed by atoms with van der Waals surface area (Å²) in [6.45, 7) is 9.16. The molecule has 2 heterocycles. The van der Waals surface area contributed by atoms with Crippen LogP contribution in [0.15, 0.2) is 29.3 Å². The second-order valence-electron chi connectivity index (χ2n) is 6.90. The number of ether oxygens (including phenoxy) is 1. The number of thiophene rings is 1. The molecule has 152 valence electrons. The third kappa shape index (κ3) is 3.93. The predicted octanol–water partition coefficient (Wildman–Crippen LogP) is 3.76. The normalized spacial score (nSPS) is 12.0. The third-order valence-corrected chi connectivity index (χ3v) is 5.96. The van der Waals surface area contributed by atoms with Crippen LogP contribution in [0.5, 0.6) is 0 Å². The molecule has 1 unspecified atom stereocenters. The molecular formula is C21H23N3O4S. The van der Waals surface area contributed by atoms with E-state index in [1.807, 2.05) is 32.0 Å². The highest BCUT2D eigenvalue weighted by Crippen LogP contribution is 2.28. The molecule has 0 radical (unpaired) electrons. The number of carbonyl (C=O) groups excluding carboxylic acids is 2. The van der Waals surface area contributed by atoms with Crippen LogP contribution < -0.4 is 10.9 Å². The summed E-state index contributed by atoms with van der Waals surface area (Å²) in [4.78, 5) is 43.1. The molecule has 7 nitrogen and oxygen atoms in total. The number of nitrogens with zero attached hydrogens (tertiary/aromatic N) is 2. The molecule has 1 atom stereocenters. The average Bonchev–Trinajstić information content (AvgIpc) is 3.02. The number of fused-ring (bicyclic) bond motifs is 1. The molecule has 0 aliphatic rings. The number of amides is 1. The number of benzene rings is 1. The highest BCUT2D eigenvalue weighted by Gasteiger charge is 2.23. The minimum Gasteiger partial charge on any atom is -0.462 e. The molecule has 3 aromatic rings. The predicted molar refractivity (Wildman–Crippen MR) is 114 cm³/mol. The SMILES string of the molecule is CCOC(=O)c1sc2ncn(C(C)C(=O)Nc3cc(C)ccc3C)c(=O)c2c1C. The Balaban J connectivity index is 1.96. The third-order valence-electron chi connectivity index (χ3n) is 4.78. The molecule has 29 heavy (non-hydrogen) atoms. The van der Waals surface area contributed by atoms with E-state index in [9.17, 15) is 14.4 Å². The Hall–Kier alpha value is -3.00. The van der Waals surface area contributed by atoms with Crippen LogP contribution in [0.1, 0.15) is 46.3 Å². The lowest BCUT2D eigenvalue weighted by Gasteiger charge is -2.16. The van der Waals surface area contributed by atoms with Crippen molar-refractivity contribution in [2.45, 2.75) is 40.7 Å². The van der Waals surface area contributed by atoms with E-state index in [0.717, 1.165) is 22.5 Å². The van der Waals surface area contributed by atoms with Gasteiger partial charge < -0.3 is 10.1 Å². The van der Waals surface area contributed by atoms with Crippen LogP contribution in [0.25, 0.3) is 10.2 Å². The minimum atomic E-state index is -0.773. The molecule has 3 rings (SSSR count). The van der Waals surface area contributed by atoms with Crippen molar-refractivity contribution in [3.05, 3.63) is 56.4 Å². The molecule has 8 heteroatoms. The molecule has 1 aromatic carbocycles. The molecule has 0 saturated heterocycles. The topological polar surface area (TPSA) is 90.3 Å². The van der Waals surface area contributed by atoms with E-state index >= 15 is 0 Å². The van der Waals surface area contributed by atoms with Crippen LogP contribution in [-0.4, -0.2) is 28.0 Å². The van der Waals surface area contributed by atoms with E-state index in [1.165, 1.54) is 10.9 Å².